The van der Waals surface area contributed by atoms with Crippen molar-refractivity contribution in [3.05, 3.63) is 88.7 Å². The zero-order valence-electron chi connectivity index (χ0n) is 20.7. The molecular formula is C30H25FN2O5. The van der Waals surface area contributed by atoms with Gasteiger partial charge >= 0.3 is 5.97 Å². The minimum Gasteiger partial charge on any atom is -0.494 e. The molecule has 0 saturated carbocycles. The van der Waals surface area contributed by atoms with Gasteiger partial charge in [0.15, 0.2) is 0 Å². The minimum absolute atomic E-state index is 0.0191. The number of nitrogens with zero attached hydrogens (tertiary/aromatic N) is 2. The minimum atomic E-state index is -0.921. The lowest BCUT2D eigenvalue weighted by Crippen LogP contribution is -2.26. The number of ether oxygens (including phenoxy) is 2. The number of rotatable bonds is 6. The Kier molecular flexibility index (Phi) is 5.44. The number of esters is 1. The molecule has 3 heterocycles. The van der Waals surface area contributed by atoms with E-state index in [2.05, 4.69) is 6.07 Å². The van der Waals surface area contributed by atoms with Crippen molar-refractivity contribution in [1.29, 1.82) is 5.26 Å². The Morgan fingerprint density at radius 3 is 2.50 bits per heavy atom. The van der Waals surface area contributed by atoms with E-state index in [4.69, 9.17) is 9.47 Å². The monoisotopic (exact) mass is 512 g/mol. The van der Waals surface area contributed by atoms with Crippen molar-refractivity contribution >= 4 is 16.7 Å². The Balaban J connectivity index is 1.32. The number of nitriles is 1. The van der Waals surface area contributed by atoms with Crippen LogP contribution in [0.2, 0.25) is 0 Å². The zero-order valence-corrected chi connectivity index (χ0v) is 20.7. The molecule has 1 saturated heterocycles. The maximum Gasteiger partial charge on any atom is 0.310 e. The zero-order chi connectivity index (χ0) is 26.7. The molecule has 0 radical (unpaired) electrons. The summed E-state index contributed by atoms with van der Waals surface area (Å²) in [7, 11) is 0. The van der Waals surface area contributed by atoms with Crippen LogP contribution in [0.3, 0.4) is 0 Å². The van der Waals surface area contributed by atoms with Gasteiger partial charge in [0, 0.05) is 17.2 Å². The summed E-state index contributed by atoms with van der Waals surface area (Å²) in [6.07, 6.45) is 1.55. The molecule has 4 aromatic rings. The highest BCUT2D eigenvalue weighted by Crippen LogP contribution is 2.65. The number of carbonyl (C=O) groups is 1. The topological polar surface area (TPSA) is 105 Å². The Morgan fingerprint density at radius 2 is 1.76 bits per heavy atom. The fourth-order valence-electron chi connectivity index (χ4n) is 6.06. The molecule has 0 aliphatic carbocycles. The van der Waals surface area contributed by atoms with Gasteiger partial charge in [-0.3, -0.25) is 9.36 Å². The highest BCUT2D eigenvalue weighted by molar-refractivity contribution is 5.95. The predicted molar refractivity (Wildman–Crippen MR) is 136 cm³/mol. The number of hydrogen-bond acceptors (Lipinski definition) is 6. The van der Waals surface area contributed by atoms with Crippen LogP contribution in [-0.2, 0) is 31.9 Å². The maximum absolute atomic E-state index is 13.1. The summed E-state index contributed by atoms with van der Waals surface area (Å²) in [4.78, 5) is 12.4. The smallest absolute Gasteiger partial charge is 0.310 e. The third kappa shape index (κ3) is 3.54. The first-order valence-electron chi connectivity index (χ1n) is 12.5. The third-order valence-electron chi connectivity index (χ3n) is 7.82. The van der Waals surface area contributed by atoms with E-state index in [1.807, 2.05) is 31.2 Å². The van der Waals surface area contributed by atoms with Crippen molar-refractivity contribution in [1.82, 2.24) is 4.57 Å². The number of hydrogen-bond donors (Lipinski definition) is 2. The van der Waals surface area contributed by atoms with Crippen LogP contribution in [0.4, 0.5) is 4.39 Å². The molecule has 2 aliphatic rings. The van der Waals surface area contributed by atoms with Crippen molar-refractivity contribution < 1.29 is 28.9 Å². The second-order valence-corrected chi connectivity index (χ2v) is 10.1. The standard InChI is InChI=1S/C30H25FN2O5/c1-29-12-13-30(38-29,14-15-37-24(34)16-18-6-9-20(31)10-7-18)26-25(29)27(35)33(28(26)36)23-11-8-19(17-32)21-4-2-3-5-22(21)23/h2-11,35-36H,12-16H2,1H3/t29-,30-/m0/s1. The van der Waals surface area contributed by atoms with Crippen LogP contribution in [0.1, 0.15) is 48.4 Å². The largest absolute Gasteiger partial charge is 0.494 e. The Labute approximate surface area is 218 Å². The molecule has 8 heteroatoms. The quantitative estimate of drug-likeness (QED) is 0.332. The van der Waals surface area contributed by atoms with Gasteiger partial charge in [-0.2, -0.15) is 5.26 Å². The van der Waals surface area contributed by atoms with E-state index in [1.165, 1.54) is 16.7 Å². The lowest BCUT2D eigenvalue weighted by molar-refractivity contribution is -0.146. The van der Waals surface area contributed by atoms with Gasteiger partial charge in [-0.25, -0.2) is 4.39 Å². The molecule has 0 unspecified atom stereocenters. The SMILES string of the molecule is C[C@@]12CC[C@@](CCOC(=O)Cc3ccc(F)cc3)(O1)c1c2c(O)n(-c2ccc(C#N)c3ccccc23)c1O. The van der Waals surface area contributed by atoms with Crippen molar-refractivity contribution in [2.45, 2.75) is 43.8 Å². The first-order chi connectivity index (χ1) is 18.3. The molecule has 0 spiro atoms. The van der Waals surface area contributed by atoms with Gasteiger partial charge < -0.3 is 19.7 Å². The van der Waals surface area contributed by atoms with E-state index in [0.717, 1.165) is 0 Å². The molecule has 192 valence electrons. The Morgan fingerprint density at radius 1 is 1.05 bits per heavy atom. The first-order valence-corrected chi connectivity index (χ1v) is 12.5. The van der Waals surface area contributed by atoms with Crippen LogP contribution in [0.5, 0.6) is 11.8 Å². The van der Waals surface area contributed by atoms with Crippen LogP contribution in [0, 0.1) is 17.1 Å². The molecule has 2 N–H and O–H groups in total. The van der Waals surface area contributed by atoms with E-state index in [-0.39, 0.29) is 30.6 Å². The maximum atomic E-state index is 13.1. The lowest BCUT2D eigenvalue weighted by Gasteiger charge is -2.26. The first kappa shape index (κ1) is 24.0. The normalized spacial score (nSPS) is 21.4. The molecule has 1 fully saturated rings. The number of aromatic nitrogens is 1. The highest BCUT2D eigenvalue weighted by atomic mass is 19.1. The van der Waals surface area contributed by atoms with Gasteiger partial charge in [-0.05, 0) is 49.6 Å². The van der Waals surface area contributed by atoms with Crippen LogP contribution in [0.25, 0.3) is 16.5 Å². The van der Waals surface area contributed by atoms with E-state index < -0.39 is 17.2 Å². The van der Waals surface area contributed by atoms with Gasteiger partial charge in [-0.15, -0.1) is 0 Å². The summed E-state index contributed by atoms with van der Waals surface area (Å²) >= 11 is 0. The van der Waals surface area contributed by atoms with E-state index in [1.54, 1.807) is 24.3 Å². The predicted octanol–water partition coefficient (Wildman–Crippen LogP) is 5.46. The molecular weight excluding hydrogens is 487 g/mol. The van der Waals surface area contributed by atoms with E-state index in [9.17, 15) is 24.7 Å². The average molecular weight is 513 g/mol. The van der Waals surface area contributed by atoms with Crippen molar-refractivity contribution in [3.8, 4) is 23.5 Å². The molecule has 6 rings (SSSR count). The summed E-state index contributed by atoms with van der Waals surface area (Å²) in [5.41, 5.74) is 1.01. The number of aromatic hydroxyl groups is 2. The molecule has 3 aromatic carbocycles. The molecule has 2 aliphatic heterocycles. The lowest BCUT2D eigenvalue weighted by atomic mass is 9.78. The Bertz CT molecular complexity index is 1640. The van der Waals surface area contributed by atoms with Crippen LogP contribution in [0.15, 0.2) is 60.7 Å². The molecule has 38 heavy (non-hydrogen) atoms. The number of carbonyl (C=O) groups excluding carboxylic acids is 1. The number of halogens is 1. The van der Waals surface area contributed by atoms with Gasteiger partial charge in [0.2, 0.25) is 11.8 Å². The third-order valence-corrected chi connectivity index (χ3v) is 7.82. The highest BCUT2D eigenvalue weighted by Gasteiger charge is 2.61. The molecule has 7 nitrogen and oxygen atoms in total. The molecule has 2 atom stereocenters. The van der Waals surface area contributed by atoms with E-state index >= 15 is 0 Å². The summed E-state index contributed by atoms with van der Waals surface area (Å²) in [6, 6.07) is 18.6. The van der Waals surface area contributed by atoms with Crippen molar-refractivity contribution in [2.75, 3.05) is 6.61 Å². The fourth-order valence-corrected chi connectivity index (χ4v) is 6.06. The van der Waals surface area contributed by atoms with Crippen LogP contribution >= 0.6 is 0 Å². The molecule has 2 bridgehead atoms. The van der Waals surface area contributed by atoms with Gasteiger partial charge in [0.05, 0.1) is 47.1 Å². The van der Waals surface area contributed by atoms with Gasteiger partial charge in [0.25, 0.3) is 0 Å². The summed E-state index contributed by atoms with van der Waals surface area (Å²) in [5, 5.41) is 33.9. The molecule has 1 aromatic heterocycles. The summed E-state index contributed by atoms with van der Waals surface area (Å²) < 4.78 is 26.5. The average Bonchev–Trinajstić information content (AvgIpc) is 3.49. The number of benzene rings is 3. The fraction of sp³-hybridized carbons (Fsp3) is 0.267. The Hall–Kier alpha value is -4.35. The second kappa shape index (κ2) is 8.61. The second-order valence-electron chi connectivity index (χ2n) is 10.1. The van der Waals surface area contributed by atoms with E-state index in [0.29, 0.717) is 58.0 Å². The van der Waals surface area contributed by atoms with Gasteiger partial charge in [0.1, 0.15) is 11.4 Å². The van der Waals surface area contributed by atoms with Crippen LogP contribution < -0.4 is 0 Å². The van der Waals surface area contributed by atoms with Crippen molar-refractivity contribution in [3.63, 3.8) is 0 Å². The van der Waals surface area contributed by atoms with Gasteiger partial charge in [-0.1, -0.05) is 36.4 Å². The van der Waals surface area contributed by atoms with Crippen molar-refractivity contribution in [2.24, 2.45) is 0 Å². The number of fused-ring (bicyclic) bond motifs is 6. The van der Waals surface area contributed by atoms with Crippen LogP contribution in [-0.4, -0.2) is 27.4 Å². The molecule has 0 amide bonds. The summed E-state index contributed by atoms with van der Waals surface area (Å²) in [5.74, 6) is -1.05. The summed E-state index contributed by atoms with van der Waals surface area (Å²) in [6.45, 7) is 1.95.